The second-order valence-corrected chi connectivity index (χ2v) is 11.7. The molecule has 0 unspecified atom stereocenters. The predicted molar refractivity (Wildman–Crippen MR) is 114 cm³/mol. The van der Waals surface area contributed by atoms with E-state index >= 15 is 0 Å². The SMILES string of the molecule is CC(=O)O[C@H]1CC[C@@]2(C)C(=CC[C@H]3[C@H]2CC[C@@]2(C)[C@H]3CC[C@@H]2[C@]2(C)CCC(=O)O2)C1. The molecule has 1 aliphatic heterocycles. The molecule has 5 rings (SSSR count). The van der Waals surface area contributed by atoms with Crippen molar-refractivity contribution >= 4 is 11.9 Å². The summed E-state index contributed by atoms with van der Waals surface area (Å²) < 4.78 is 11.5. The second kappa shape index (κ2) is 6.84. The molecular weight excluding hydrogens is 376 g/mol. The Kier molecular flexibility index (Phi) is 4.69. The summed E-state index contributed by atoms with van der Waals surface area (Å²) in [6.45, 7) is 8.75. The van der Waals surface area contributed by atoms with E-state index < -0.39 is 0 Å². The highest BCUT2D eigenvalue weighted by Gasteiger charge is 2.63. The summed E-state index contributed by atoms with van der Waals surface area (Å²) in [6, 6.07) is 0. The molecule has 8 atom stereocenters. The number of cyclic esters (lactones) is 1. The minimum Gasteiger partial charge on any atom is -0.462 e. The van der Waals surface area contributed by atoms with Gasteiger partial charge in [-0.3, -0.25) is 9.59 Å². The quantitative estimate of drug-likeness (QED) is 0.436. The van der Waals surface area contributed by atoms with Crippen molar-refractivity contribution in [3.8, 4) is 0 Å². The number of allylic oxidation sites excluding steroid dienone is 1. The average molecular weight is 415 g/mol. The summed E-state index contributed by atoms with van der Waals surface area (Å²) in [5, 5.41) is 0. The maximum atomic E-state index is 11.9. The maximum Gasteiger partial charge on any atom is 0.306 e. The van der Waals surface area contributed by atoms with Crippen LogP contribution in [0.2, 0.25) is 0 Å². The van der Waals surface area contributed by atoms with E-state index in [0.29, 0.717) is 12.3 Å². The number of hydrogen-bond donors (Lipinski definition) is 0. The number of hydrogen-bond acceptors (Lipinski definition) is 4. The van der Waals surface area contributed by atoms with E-state index in [1.54, 1.807) is 5.57 Å². The van der Waals surface area contributed by atoms with E-state index in [2.05, 4.69) is 26.8 Å². The normalized spacial score (nSPS) is 50.1. The zero-order valence-electron chi connectivity index (χ0n) is 19.2. The standard InChI is InChI=1S/C26H38O4/c1-16(27)29-18-9-12-24(2)17(15-18)5-6-19-20-7-8-22(25(20,3)13-10-21(19)24)26(4)14-11-23(28)30-26/h5,18-22H,6-15H2,1-4H3/t18-,19+,20-,21+,22-,24-,25-,26-/m0/s1. The highest BCUT2D eigenvalue weighted by atomic mass is 16.6. The third-order valence-electron chi connectivity index (χ3n) is 10.3. The fourth-order valence-corrected chi connectivity index (χ4v) is 8.92. The Morgan fingerprint density at radius 1 is 1.07 bits per heavy atom. The van der Waals surface area contributed by atoms with Gasteiger partial charge >= 0.3 is 11.9 Å². The van der Waals surface area contributed by atoms with Crippen molar-refractivity contribution in [2.45, 2.75) is 104 Å². The first-order valence-corrected chi connectivity index (χ1v) is 12.2. The smallest absolute Gasteiger partial charge is 0.306 e. The number of carbonyl (C=O) groups is 2. The van der Waals surface area contributed by atoms with Crippen LogP contribution in [0.1, 0.15) is 91.9 Å². The molecular formula is C26H38O4. The van der Waals surface area contributed by atoms with Crippen LogP contribution < -0.4 is 0 Å². The molecule has 4 fully saturated rings. The summed E-state index contributed by atoms with van der Waals surface area (Å²) in [7, 11) is 0. The third-order valence-corrected chi connectivity index (χ3v) is 10.3. The number of ether oxygens (including phenoxy) is 2. The molecule has 166 valence electrons. The topological polar surface area (TPSA) is 52.6 Å². The first kappa shape index (κ1) is 20.6. The van der Waals surface area contributed by atoms with Crippen LogP contribution in [-0.2, 0) is 19.1 Å². The van der Waals surface area contributed by atoms with Gasteiger partial charge in [0, 0.05) is 25.7 Å². The molecule has 4 heteroatoms. The van der Waals surface area contributed by atoms with Gasteiger partial charge in [0.2, 0.25) is 0 Å². The van der Waals surface area contributed by atoms with Gasteiger partial charge < -0.3 is 9.47 Å². The van der Waals surface area contributed by atoms with Crippen LogP contribution in [0.15, 0.2) is 11.6 Å². The monoisotopic (exact) mass is 414 g/mol. The Morgan fingerprint density at radius 2 is 1.87 bits per heavy atom. The minimum absolute atomic E-state index is 0.000489. The van der Waals surface area contributed by atoms with Crippen LogP contribution in [0.25, 0.3) is 0 Å². The highest BCUT2D eigenvalue weighted by Crippen LogP contribution is 2.68. The molecule has 0 aromatic rings. The highest BCUT2D eigenvalue weighted by molar-refractivity contribution is 5.72. The van der Waals surface area contributed by atoms with Gasteiger partial charge in [-0.25, -0.2) is 0 Å². The molecule has 1 heterocycles. The summed E-state index contributed by atoms with van der Waals surface area (Å²) in [5.74, 6) is 2.57. The fraction of sp³-hybridized carbons (Fsp3) is 0.846. The second-order valence-electron chi connectivity index (χ2n) is 11.7. The van der Waals surface area contributed by atoms with Crippen LogP contribution in [0.3, 0.4) is 0 Å². The lowest BCUT2D eigenvalue weighted by atomic mass is 9.46. The Bertz CT molecular complexity index is 786. The number of fused-ring (bicyclic) bond motifs is 5. The predicted octanol–water partition coefficient (Wildman–Crippen LogP) is 5.59. The average Bonchev–Trinajstić information content (AvgIpc) is 3.21. The van der Waals surface area contributed by atoms with Gasteiger partial charge in [-0.15, -0.1) is 0 Å². The van der Waals surface area contributed by atoms with Crippen molar-refractivity contribution in [3.63, 3.8) is 0 Å². The summed E-state index contributed by atoms with van der Waals surface area (Å²) in [6.07, 6.45) is 13.3. The largest absolute Gasteiger partial charge is 0.462 e. The molecule has 0 aromatic heterocycles. The van der Waals surface area contributed by atoms with Crippen molar-refractivity contribution in [1.82, 2.24) is 0 Å². The summed E-state index contributed by atoms with van der Waals surface area (Å²) in [5.41, 5.74) is 1.85. The number of esters is 2. The van der Waals surface area contributed by atoms with Gasteiger partial charge in [0.15, 0.2) is 0 Å². The van der Waals surface area contributed by atoms with Crippen molar-refractivity contribution in [3.05, 3.63) is 11.6 Å². The zero-order valence-corrected chi connectivity index (χ0v) is 19.2. The molecule has 0 bridgehead atoms. The molecule has 4 nitrogen and oxygen atoms in total. The molecule has 0 amide bonds. The van der Waals surface area contributed by atoms with Crippen molar-refractivity contribution in [2.75, 3.05) is 0 Å². The number of rotatable bonds is 2. The Balaban J connectivity index is 1.39. The van der Waals surface area contributed by atoms with Crippen molar-refractivity contribution in [2.24, 2.45) is 34.5 Å². The van der Waals surface area contributed by atoms with Gasteiger partial charge in [-0.1, -0.05) is 25.5 Å². The lowest BCUT2D eigenvalue weighted by molar-refractivity contribution is -0.159. The molecule has 0 N–H and O–H groups in total. The molecule has 1 saturated heterocycles. The van der Waals surface area contributed by atoms with Crippen molar-refractivity contribution in [1.29, 1.82) is 0 Å². The van der Waals surface area contributed by atoms with Crippen LogP contribution in [0.4, 0.5) is 0 Å². The van der Waals surface area contributed by atoms with E-state index in [4.69, 9.17) is 9.47 Å². The zero-order chi connectivity index (χ0) is 21.3. The molecule has 5 aliphatic rings. The van der Waals surface area contributed by atoms with E-state index in [0.717, 1.165) is 43.4 Å². The summed E-state index contributed by atoms with van der Waals surface area (Å²) >= 11 is 0. The van der Waals surface area contributed by atoms with Gasteiger partial charge in [0.25, 0.3) is 0 Å². The van der Waals surface area contributed by atoms with E-state index in [1.165, 1.54) is 39.0 Å². The Hall–Kier alpha value is -1.32. The van der Waals surface area contributed by atoms with Crippen LogP contribution in [-0.4, -0.2) is 23.6 Å². The molecule has 0 aromatic carbocycles. The van der Waals surface area contributed by atoms with E-state index in [-0.39, 0.29) is 34.5 Å². The van der Waals surface area contributed by atoms with E-state index in [9.17, 15) is 9.59 Å². The lowest BCUT2D eigenvalue weighted by Crippen LogP contribution is -2.53. The third kappa shape index (κ3) is 2.92. The molecule has 3 saturated carbocycles. The van der Waals surface area contributed by atoms with Crippen LogP contribution >= 0.6 is 0 Å². The van der Waals surface area contributed by atoms with Crippen LogP contribution in [0, 0.1) is 34.5 Å². The first-order valence-electron chi connectivity index (χ1n) is 12.2. The lowest BCUT2D eigenvalue weighted by Gasteiger charge is -2.59. The Morgan fingerprint density at radius 3 is 2.57 bits per heavy atom. The van der Waals surface area contributed by atoms with Gasteiger partial charge in [-0.2, -0.15) is 0 Å². The Labute approximate surface area is 181 Å². The van der Waals surface area contributed by atoms with Crippen molar-refractivity contribution < 1.29 is 19.1 Å². The van der Waals surface area contributed by atoms with Crippen LogP contribution in [0.5, 0.6) is 0 Å². The van der Waals surface area contributed by atoms with Gasteiger partial charge in [0.1, 0.15) is 11.7 Å². The molecule has 30 heavy (non-hydrogen) atoms. The first-order chi connectivity index (χ1) is 14.2. The van der Waals surface area contributed by atoms with E-state index in [1.807, 2.05) is 0 Å². The maximum absolute atomic E-state index is 11.9. The van der Waals surface area contributed by atoms with Gasteiger partial charge in [-0.05, 0) is 86.9 Å². The van der Waals surface area contributed by atoms with Gasteiger partial charge in [0.05, 0.1) is 0 Å². The number of carbonyl (C=O) groups excluding carboxylic acids is 2. The molecule has 4 aliphatic carbocycles. The summed E-state index contributed by atoms with van der Waals surface area (Å²) in [4.78, 5) is 23.4. The fourth-order valence-electron chi connectivity index (χ4n) is 8.92. The molecule has 0 radical (unpaired) electrons. The minimum atomic E-state index is -0.255. The molecule has 0 spiro atoms.